The maximum absolute atomic E-state index is 12.2. The summed E-state index contributed by atoms with van der Waals surface area (Å²) in [4.78, 5) is 20.8. The van der Waals surface area contributed by atoms with E-state index in [0.29, 0.717) is 22.8 Å². The number of anilines is 1. The lowest BCUT2D eigenvalue weighted by atomic mass is 10.2. The number of para-hydroxylation sites is 1. The van der Waals surface area contributed by atoms with Gasteiger partial charge in [-0.2, -0.15) is 0 Å². The highest BCUT2D eigenvalue weighted by Gasteiger charge is 2.12. The maximum atomic E-state index is 12.2. The third kappa shape index (κ3) is 2.71. The summed E-state index contributed by atoms with van der Waals surface area (Å²) in [5.41, 5.74) is 1.75. The van der Waals surface area contributed by atoms with Gasteiger partial charge in [0.25, 0.3) is 5.91 Å². The maximum Gasteiger partial charge on any atom is 0.275 e. The number of ether oxygens (including phenoxy) is 1. The fourth-order valence-electron chi connectivity index (χ4n) is 2.00. The van der Waals surface area contributed by atoms with Crippen molar-refractivity contribution >= 4 is 33.8 Å². The van der Waals surface area contributed by atoms with Crippen LogP contribution in [0.4, 0.5) is 5.69 Å². The number of hydrogen-bond acceptors (Lipinski definition) is 5. The van der Waals surface area contributed by atoms with E-state index in [0.717, 1.165) is 10.4 Å². The lowest BCUT2D eigenvalue weighted by Gasteiger charge is -2.08. The smallest absolute Gasteiger partial charge is 0.275 e. The summed E-state index contributed by atoms with van der Waals surface area (Å²) in [7, 11) is 1.56. The first kappa shape index (κ1) is 13.5. The molecule has 1 amide bonds. The van der Waals surface area contributed by atoms with E-state index in [2.05, 4.69) is 15.3 Å². The van der Waals surface area contributed by atoms with Crippen molar-refractivity contribution in [2.24, 2.45) is 0 Å². The molecule has 1 aromatic carbocycles. The number of nitrogens with one attached hydrogen (secondary N) is 1. The monoisotopic (exact) mass is 299 g/mol. The number of fused-ring (bicyclic) bond motifs is 1. The molecule has 0 unspecified atom stereocenters. The van der Waals surface area contributed by atoms with Crippen LogP contribution in [0.2, 0.25) is 0 Å². The summed E-state index contributed by atoms with van der Waals surface area (Å²) in [5.74, 6) is 0.269. The number of methoxy groups -OCH3 is 1. The molecule has 0 aliphatic rings. The van der Waals surface area contributed by atoms with E-state index in [1.807, 2.05) is 31.2 Å². The molecule has 3 rings (SSSR count). The van der Waals surface area contributed by atoms with E-state index in [-0.39, 0.29) is 5.91 Å². The Morgan fingerprint density at radius 3 is 2.81 bits per heavy atom. The zero-order valence-corrected chi connectivity index (χ0v) is 12.4. The average molecular weight is 299 g/mol. The molecule has 0 atom stereocenters. The number of aryl methyl sites for hydroxylation is 1. The summed E-state index contributed by atoms with van der Waals surface area (Å²) in [6.45, 7) is 1.87. The number of carbonyl (C=O) groups is 1. The Morgan fingerprint density at radius 1 is 1.24 bits per heavy atom. The van der Waals surface area contributed by atoms with Gasteiger partial charge < -0.3 is 10.1 Å². The number of thiazole rings is 1. The van der Waals surface area contributed by atoms with Crippen molar-refractivity contribution in [2.75, 3.05) is 12.4 Å². The number of hydrogen-bond donors (Lipinski definition) is 1. The zero-order chi connectivity index (χ0) is 14.8. The molecule has 0 saturated heterocycles. The van der Waals surface area contributed by atoms with Crippen molar-refractivity contribution in [1.29, 1.82) is 0 Å². The SMILES string of the molecule is COc1ccc2cccc(NC(=O)c3csc(C)n3)c2n1. The number of benzene rings is 1. The number of rotatable bonds is 3. The van der Waals surface area contributed by atoms with Gasteiger partial charge in [-0.15, -0.1) is 11.3 Å². The molecule has 2 aromatic heterocycles. The van der Waals surface area contributed by atoms with Crippen molar-refractivity contribution in [3.8, 4) is 5.88 Å². The van der Waals surface area contributed by atoms with Crippen LogP contribution in [0.5, 0.6) is 5.88 Å². The Balaban J connectivity index is 1.98. The van der Waals surface area contributed by atoms with E-state index in [1.165, 1.54) is 11.3 Å². The molecule has 0 saturated carbocycles. The van der Waals surface area contributed by atoms with Crippen LogP contribution in [0.25, 0.3) is 10.9 Å². The fourth-order valence-corrected chi connectivity index (χ4v) is 2.59. The van der Waals surface area contributed by atoms with E-state index in [4.69, 9.17) is 4.74 Å². The van der Waals surface area contributed by atoms with Crippen LogP contribution >= 0.6 is 11.3 Å². The molecule has 0 radical (unpaired) electrons. The summed E-state index contributed by atoms with van der Waals surface area (Å²) in [5, 5.41) is 6.39. The molecule has 106 valence electrons. The topological polar surface area (TPSA) is 64.1 Å². The van der Waals surface area contributed by atoms with E-state index >= 15 is 0 Å². The summed E-state index contributed by atoms with van der Waals surface area (Å²) >= 11 is 1.45. The number of aromatic nitrogens is 2. The van der Waals surface area contributed by atoms with E-state index < -0.39 is 0 Å². The molecular formula is C15H13N3O2S. The average Bonchev–Trinajstić information content (AvgIpc) is 2.94. The molecule has 0 aliphatic heterocycles. The predicted octanol–water partition coefficient (Wildman–Crippen LogP) is 3.26. The second-order valence-corrected chi connectivity index (χ2v) is 5.50. The number of carbonyl (C=O) groups excluding carboxylic acids is 1. The zero-order valence-electron chi connectivity index (χ0n) is 11.6. The number of pyridine rings is 1. The van der Waals surface area contributed by atoms with Crippen LogP contribution in [0.1, 0.15) is 15.5 Å². The van der Waals surface area contributed by atoms with Crippen molar-refractivity contribution in [2.45, 2.75) is 6.92 Å². The number of amides is 1. The van der Waals surface area contributed by atoms with Gasteiger partial charge >= 0.3 is 0 Å². The van der Waals surface area contributed by atoms with Gasteiger partial charge in [0.05, 0.1) is 23.3 Å². The van der Waals surface area contributed by atoms with Crippen LogP contribution in [0.15, 0.2) is 35.7 Å². The molecule has 0 spiro atoms. The van der Waals surface area contributed by atoms with Gasteiger partial charge in [0.2, 0.25) is 5.88 Å². The van der Waals surface area contributed by atoms with E-state index in [1.54, 1.807) is 18.6 Å². The minimum Gasteiger partial charge on any atom is -0.481 e. The molecule has 21 heavy (non-hydrogen) atoms. The fraction of sp³-hybridized carbons (Fsp3) is 0.133. The van der Waals surface area contributed by atoms with Crippen molar-refractivity contribution < 1.29 is 9.53 Å². The van der Waals surface area contributed by atoms with Gasteiger partial charge in [-0.05, 0) is 19.1 Å². The second kappa shape index (κ2) is 5.49. The Morgan fingerprint density at radius 2 is 2.10 bits per heavy atom. The first-order chi connectivity index (χ1) is 10.2. The molecular weight excluding hydrogens is 286 g/mol. The third-order valence-corrected chi connectivity index (χ3v) is 3.78. The minimum atomic E-state index is -0.239. The lowest BCUT2D eigenvalue weighted by molar-refractivity contribution is 0.102. The lowest BCUT2D eigenvalue weighted by Crippen LogP contribution is -2.12. The molecule has 2 heterocycles. The summed E-state index contributed by atoms with van der Waals surface area (Å²) in [6.07, 6.45) is 0. The minimum absolute atomic E-state index is 0.239. The third-order valence-electron chi connectivity index (χ3n) is 3.00. The first-order valence-corrected chi connectivity index (χ1v) is 7.22. The van der Waals surface area contributed by atoms with Crippen molar-refractivity contribution in [3.63, 3.8) is 0 Å². The summed E-state index contributed by atoms with van der Waals surface area (Å²) < 4.78 is 5.14. The van der Waals surface area contributed by atoms with Crippen molar-refractivity contribution in [3.05, 3.63) is 46.4 Å². The molecule has 5 nitrogen and oxygen atoms in total. The van der Waals surface area contributed by atoms with Gasteiger partial charge in [0.15, 0.2) is 0 Å². The van der Waals surface area contributed by atoms with Gasteiger partial charge in [0.1, 0.15) is 5.69 Å². The van der Waals surface area contributed by atoms with Gasteiger partial charge in [-0.3, -0.25) is 4.79 Å². The molecule has 6 heteroatoms. The Labute approximate surface area is 125 Å². The van der Waals surface area contributed by atoms with Crippen LogP contribution in [0.3, 0.4) is 0 Å². The normalized spacial score (nSPS) is 10.6. The van der Waals surface area contributed by atoms with Crippen molar-refractivity contribution in [1.82, 2.24) is 9.97 Å². The second-order valence-electron chi connectivity index (χ2n) is 4.44. The van der Waals surface area contributed by atoms with Crippen LogP contribution in [0, 0.1) is 6.92 Å². The standard InChI is InChI=1S/C15H13N3O2S/c1-9-16-12(8-21-9)15(19)17-11-5-3-4-10-6-7-13(20-2)18-14(10)11/h3-8H,1-2H3,(H,17,19). The number of nitrogens with zero attached hydrogens (tertiary/aromatic N) is 2. The highest BCUT2D eigenvalue weighted by molar-refractivity contribution is 7.09. The Hall–Kier alpha value is -2.47. The molecule has 0 bridgehead atoms. The van der Waals surface area contributed by atoms with Gasteiger partial charge in [0, 0.05) is 16.8 Å². The highest BCUT2D eigenvalue weighted by Crippen LogP contribution is 2.24. The van der Waals surface area contributed by atoms with Crippen LogP contribution in [-0.4, -0.2) is 23.0 Å². The van der Waals surface area contributed by atoms with Gasteiger partial charge in [-0.25, -0.2) is 9.97 Å². The van der Waals surface area contributed by atoms with Crippen LogP contribution < -0.4 is 10.1 Å². The Bertz CT molecular complexity index is 814. The quantitative estimate of drug-likeness (QED) is 0.806. The van der Waals surface area contributed by atoms with E-state index in [9.17, 15) is 4.79 Å². The molecule has 0 aliphatic carbocycles. The molecule has 3 aromatic rings. The van der Waals surface area contributed by atoms with Gasteiger partial charge in [-0.1, -0.05) is 12.1 Å². The largest absolute Gasteiger partial charge is 0.481 e. The van der Waals surface area contributed by atoms with Crippen LogP contribution in [-0.2, 0) is 0 Å². The molecule has 1 N–H and O–H groups in total. The first-order valence-electron chi connectivity index (χ1n) is 6.34. The Kier molecular flexibility index (Phi) is 3.53. The highest BCUT2D eigenvalue weighted by atomic mass is 32.1. The molecule has 0 fully saturated rings. The summed E-state index contributed by atoms with van der Waals surface area (Å²) in [6, 6.07) is 9.32. The predicted molar refractivity (Wildman–Crippen MR) is 83.1 cm³/mol.